The Hall–Kier alpha value is -2.64. The number of aromatic nitrogens is 6. The van der Waals surface area contributed by atoms with Crippen molar-refractivity contribution in [3.8, 4) is 11.3 Å². The molecule has 1 atom stereocenters. The fourth-order valence-corrected chi connectivity index (χ4v) is 2.60. The Balaban J connectivity index is 1.97. The number of nitrogens with zero attached hydrogens (tertiary/aromatic N) is 6. The first-order valence-electron chi connectivity index (χ1n) is 7.67. The van der Waals surface area contributed by atoms with Crippen LogP contribution >= 0.6 is 0 Å². The van der Waals surface area contributed by atoms with E-state index in [-0.39, 0.29) is 6.04 Å². The van der Waals surface area contributed by atoms with Crippen LogP contribution in [-0.2, 0) is 7.05 Å². The Morgan fingerprint density at radius 1 is 1.17 bits per heavy atom. The van der Waals surface area contributed by atoms with E-state index in [1.807, 2.05) is 7.05 Å². The molecular formula is C16H18F2N6. The largest absolute Gasteiger partial charge is 0.251 e. The van der Waals surface area contributed by atoms with E-state index in [1.54, 1.807) is 15.6 Å². The zero-order valence-corrected chi connectivity index (χ0v) is 13.7. The molecule has 0 radical (unpaired) electrons. The summed E-state index contributed by atoms with van der Waals surface area (Å²) < 4.78 is 29.9. The molecule has 0 aliphatic heterocycles. The molecule has 3 aromatic rings. The lowest BCUT2D eigenvalue weighted by Crippen LogP contribution is -2.18. The van der Waals surface area contributed by atoms with Gasteiger partial charge in [0.05, 0.1) is 6.20 Å². The van der Waals surface area contributed by atoms with Crippen molar-refractivity contribution >= 4 is 0 Å². The molecule has 0 amide bonds. The molecule has 3 rings (SSSR count). The molecule has 0 bridgehead atoms. The van der Waals surface area contributed by atoms with Crippen molar-refractivity contribution < 1.29 is 8.78 Å². The van der Waals surface area contributed by atoms with Gasteiger partial charge in [-0.1, -0.05) is 19.1 Å². The second kappa shape index (κ2) is 6.46. The fourth-order valence-electron chi connectivity index (χ4n) is 2.60. The predicted octanol–water partition coefficient (Wildman–Crippen LogP) is 2.99. The first-order chi connectivity index (χ1) is 11.5. The molecule has 2 aromatic heterocycles. The third kappa shape index (κ3) is 3.17. The average molecular weight is 332 g/mol. The Labute approximate surface area is 138 Å². The highest BCUT2D eigenvalue weighted by molar-refractivity contribution is 5.57. The number of rotatable bonds is 5. The summed E-state index contributed by atoms with van der Waals surface area (Å²) in [6.45, 7) is 4.22. The number of hydrogen-bond acceptors (Lipinski definition) is 4. The van der Waals surface area contributed by atoms with Gasteiger partial charge in [0.2, 0.25) is 0 Å². The zero-order chi connectivity index (χ0) is 17.3. The van der Waals surface area contributed by atoms with Gasteiger partial charge in [-0.25, -0.2) is 18.4 Å². The van der Waals surface area contributed by atoms with Crippen LogP contribution in [0.15, 0.2) is 30.7 Å². The summed E-state index contributed by atoms with van der Waals surface area (Å²) in [7, 11) is 1.82. The molecule has 0 aliphatic carbocycles. The average Bonchev–Trinajstić information content (AvgIpc) is 3.17. The highest BCUT2D eigenvalue weighted by atomic mass is 19.2. The molecule has 0 fully saturated rings. The predicted molar refractivity (Wildman–Crippen MR) is 84.0 cm³/mol. The van der Waals surface area contributed by atoms with Gasteiger partial charge >= 0.3 is 0 Å². The van der Waals surface area contributed by atoms with Gasteiger partial charge in [-0.05, 0) is 30.5 Å². The smallest absolute Gasteiger partial charge is 0.159 e. The first kappa shape index (κ1) is 16.2. The van der Waals surface area contributed by atoms with E-state index in [1.165, 1.54) is 12.4 Å². The van der Waals surface area contributed by atoms with E-state index in [9.17, 15) is 8.78 Å². The summed E-state index contributed by atoms with van der Waals surface area (Å²) in [4.78, 5) is 4.31. The van der Waals surface area contributed by atoms with Crippen LogP contribution in [0.2, 0.25) is 0 Å². The summed E-state index contributed by atoms with van der Waals surface area (Å²) in [6.07, 6.45) is 4.01. The quantitative estimate of drug-likeness (QED) is 0.721. The van der Waals surface area contributed by atoms with Crippen molar-refractivity contribution in [1.29, 1.82) is 0 Å². The third-order valence-electron chi connectivity index (χ3n) is 3.78. The van der Waals surface area contributed by atoms with Crippen LogP contribution in [0.1, 0.15) is 32.1 Å². The maximum atomic E-state index is 13.4. The van der Waals surface area contributed by atoms with Crippen molar-refractivity contribution in [2.45, 2.75) is 26.3 Å². The molecule has 0 N–H and O–H groups in total. The third-order valence-corrected chi connectivity index (χ3v) is 3.78. The van der Waals surface area contributed by atoms with Crippen LogP contribution in [0.4, 0.5) is 8.78 Å². The molecule has 126 valence electrons. The summed E-state index contributed by atoms with van der Waals surface area (Å²) in [5.41, 5.74) is 0.950. The van der Waals surface area contributed by atoms with Crippen molar-refractivity contribution in [2.75, 3.05) is 0 Å². The fraction of sp³-hybridized carbons (Fsp3) is 0.375. The first-order valence-corrected chi connectivity index (χ1v) is 7.67. The zero-order valence-electron chi connectivity index (χ0n) is 13.7. The van der Waals surface area contributed by atoms with Crippen LogP contribution in [0, 0.1) is 17.6 Å². The van der Waals surface area contributed by atoms with E-state index in [2.05, 4.69) is 34.2 Å². The van der Waals surface area contributed by atoms with Crippen LogP contribution in [0.3, 0.4) is 0 Å². The Morgan fingerprint density at radius 3 is 2.58 bits per heavy atom. The maximum absolute atomic E-state index is 13.4. The van der Waals surface area contributed by atoms with Gasteiger partial charge in [-0.3, -0.25) is 4.68 Å². The van der Waals surface area contributed by atoms with E-state index in [0.29, 0.717) is 17.2 Å². The molecule has 2 heterocycles. The normalized spacial score (nSPS) is 12.8. The van der Waals surface area contributed by atoms with Crippen LogP contribution in [0.5, 0.6) is 0 Å². The minimum absolute atomic E-state index is 0.135. The van der Waals surface area contributed by atoms with Gasteiger partial charge in [0.15, 0.2) is 17.5 Å². The Kier molecular flexibility index (Phi) is 4.37. The van der Waals surface area contributed by atoms with Crippen molar-refractivity contribution in [2.24, 2.45) is 13.0 Å². The van der Waals surface area contributed by atoms with Gasteiger partial charge in [0, 0.05) is 12.6 Å². The summed E-state index contributed by atoms with van der Waals surface area (Å²) in [5, 5.41) is 12.4. The summed E-state index contributed by atoms with van der Waals surface area (Å²) in [6, 6.07) is 3.54. The standard InChI is InChI=1S/C16H18F2N6/c1-10(2)6-15(16-19-9-20-23(16)3)24-8-14(21-22-24)11-4-5-12(17)13(18)7-11/h4-5,7-10,15H,6H2,1-3H3. The molecule has 8 heteroatoms. The molecule has 0 saturated carbocycles. The molecule has 1 aromatic carbocycles. The second-order valence-electron chi connectivity index (χ2n) is 6.10. The SMILES string of the molecule is CC(C)CC(c1ncnn1C)n1cc(-c2ccc(F)c(F)c2)nn1. The van der Waals surface area contributed by atoms with Gasteiger partial charge in [0.25, 0.3) is 0 Å². The van der Waals surface area contributed by atoms with Crippen molar-refractivity contribution in [1.82, 2.24) is 29.8 Å². The topological polar surface area (TPSA) is 61.4 Å². The highest BCUT2D eigenvalue weighted by Gasteiger charge is 2.22. The molecule has 1 unspecified atom stereocenters. The highest BCUT2D eigenvalue weighted by Crippen LogP contribution is 2.26. The van der Waals surface area contributed by atoms with E-state index < -0.39 is 11.6 Å². The Morgan fingerprint density at radius 2 is 1.96 bits per heavy atom. The van der Waals surface area contributed by atoms with Gasteiger partial charge in [0.1, 0.15) is 18.1 Å². The summed E-state index contributed by atoms with van der Waals surface area (Å²) >= 11 is 0. The number of hydrogen-bond donors (Lipinski definition) is 0. The maximum Gasteiger partial charge on any atom is 0.159 e. The lowest BCUT2D eigenvalue weighted by molar-refractivity contribution is 0.387. The van der Waals surface area contributed by atoms with Gasteiger partial charge in [-0.2, -0.15) is 5.10 Å². The molecular weight excluding hydrogens is 314 g/mol. The van der Waals surface area contributed by atoms with Gasteiger partial charge < -0.3 is 0 Å². The van der Waals surface area contributed by atoms with Crippen LogP contribution in [-0.4, -0.2) is 29.8 Å². The summed E-state index contributed by atoms with van der Waals surface area (Å²) in [5.74, 6) is -0.620. The molecule has 6 nitrogen and oxygen atoms in total. The monoisotopic (exact) mass is 332 g/mol. The minimum atomic E-state index is -0.908. The number of halogens is 2. The van der Waals surface area contributed by atoms with E-state index in [0.717, 1.165) is 24.4 Å². The molecule has 0 spiro atoms. The van der Waals surface area contributed by atoms with Crippen molar-refractivity contribution in [3.05, 3.63) is 48.2 Å². The lowest BCUT2D eigenvalue weighted by Gasteiger charge is -2.17. The molecule has 24 heavy (non-hydrogen) atoms. The molecule has 0 saturated heterocycles. The lowest BCUT2D eigenvalue weighted by atomic mass is 10.0. The van der Waals surface area contributed by atoms with E-state index in [4.69, 9.17) is 0 Å². The van der Waals surface area contributed by atoms with Crippen LogP contribution in [0.25, 0.3) is 11.3 Å². The number of benzene rings is 1. The van der Waals surface area contributed by atoms with E-state index >= 15 is 0 Å². The van der Waals surface area contributed by atoms with Crippen LogP contribution < -0.4 is 0 Å². The van der Waals surface area contributed by atoms with Gasteiger partial charge in [-0.15, -0.1) is 5.10 Å². The number of aryl methyl sites for hydroxylation is 1. The Bertz CT molecular complexity index is 839. The molecule has 0 aliphatic rings. The van der Waals surface area contributed by atoms with Crippen molar-refractivity contribution in [3.63, 3.8) is 0 Å². The minimum Gasteiger partial charge on any atom is -0.251 e. The second-order valence-corrected chi connectivity index (χ2v) is 6.10.